The molecule has 0 aliphatic carbocycles. The summed E-state index contributed by atoms with van der Waals surface area (Å²) in [5, 5.41) is 2.70. The van der Waals surface area contributed by atoms with Crippen molar-refractivity contribution in [3.05, 3.63) is 71.0 Å². The second kappa shape index (κ2) is 7.92. The molecule has 2 aromatic carbocycles. The van der Waals surface area contributed by atoms with Crippen molar-refractivity contribution in [1.82, 2.24) is 10.2 Å². The first kappa shape index (κ1) is 19.7. The Morgan fingerprint density at radius 2 is 1.68 bits per heavy atom. The van der Waals surface area contributed by atoms with Gasteiger partial charge in [0.1, 0.15) is 11.4 Å². The van der Waals surface area contributed by atoms with E-state index in [0.717, 1.165) is 23.3 Å². The van der Waals surface area contributed by atoms with Crippen molar-refractivity contribution in [2.45, 2.75) is 38.6 Å². The topological polar surface area (TPSA) is 66.5 Å². The lowest BCUT2D eigenvalue weighted by Gasteiger charge is -2.25. The van der Waals surface area contributed by atoms with Crippen LogP contribution in [0.15, 0.2) is 48.5 Å². The van der Waals surface area contributed by atoms with E-state index in [1.807, 2.05) is 12.1 Å². The summed E-state index contributed by atoms with van der Waals surface area (Å²) in [7, 11) is 0. The van der Waals surface area contributed by atoms with Crippen LogP contribution >= 0.6 is 0 Å². The Labute approximate surface area is 163 Å². The summed E-state index contributed by atoms with van der Waals surface area (Å²) in [6, 6.07) is 12.1. The number of carbonyl (C=O) groups is 3. The summed E-state index contributed by atoms with van der Waals surface area (Å²) in [5.41, 5.74) is 0.802. The predicted molar refractivity (Wildman–Crippen MR) is 103 cm³/mol. The monoisotopic (exact) mass is 382 g/mol. The fourth-order valence-corrected chi connectivity index (χ4v) is 3.52. The number of hydrogen-bond donors (Lipinski definition) is 1. The van der Waals surface area contributed by atoms with Crippen molar-refractivity contribution in [2.75, 3.05) is 6.54 Å². The van der Waals surface area contributed by atoms with Gasteiger partial charge in [-0.25, -0.2) is 9.18 Å². The van der Waals surface area contributed by atoms with E-state index >= 15 is 0 Å². The van der Waals surface area contributed by atoms with E-state index in [4.69, 9.17) is 0 Å². The number of Topliss-reactive ketones (excluding diaryl/α,β-unsaturated/α-hetero) is 1. The molecular formula is C22H23FN2O3. The number of carbonyl (C=O) groups excluding carboxylic acids is 3. The van der Waals surface area contributed by atoms with Gasteiger partial charge in [-0.1, -0.05) is 56.7 Å². The van der Waals surface area contributed by atoms with Crippen LogP contribution in [-0.4, -0.2) is 29.2 Å². The largest absolute Gasteiger partial charge is 0.325 e. The minimum Gasteiger partial charge on any atom is -0.319 e. The molecule has 1 N–H and O–H groups in total. The van der Waals surface area contributed by atoms with Crippen LogP contribution in [0.25, 0.3) is 0 Å². The van der Waals surface area contributed by atoms with Crippen LogP contribution in [0, 0.1) is 5.82 Å². The molecule has 5 nitrogen and oxygen atoms in total. The summed E-state index contributed by atoms with van der Waals surface area (Å²) in [5.74, 6) is -1.23. The summed E-state index contributed by atoms with van der Waals surface area (Å²) in [6.45, 7) is 3.51. The molecule has 1 fully saturated rings. The number of amides is 3. The van der Waals surface area contributed by atoms with Gasteiger partial charge in [0.05, 0.1) is 6.54 Å². The second-order valence-electron chi connectivity index (χ2n) is 6.96. The van der Waals surface area contributed by atoms with Gasteiger partial charge in [-0.2, -0.15) is 0 Å². The lowest BCUT2D eigenvalue weighted by molar-refractivity contribution is -0.131. The van der Waals surface area contributed by atoms with Crippen LogP contribution in [0.2, 0.25) is 0 Å². The molecular weight excluding hydrogens is 359 g/mol. The first-order chi connectivity index (χ1) is 13.4. The van der Waals surface area contributed by atoms with E-state index in [2.05, 4.69) is 12.2 Å². The molecule has 146 valence electrons. The van der Waals surface area contributed by atoms with E-state index in [1.54, 1.807) is 19.1 Å². The minimum atomic E-state index is -1.28. The summed E-state index contributed by atoms with van der Waals surface area (Å²) < 4.78 is 13.3. The molecule has 1 aliphatic heterocycles. The number of halogens is 1. The van der Waals surface area contributed by atoms with Crippen molar-refractivity contribution in [1.29, 1.82) is 0 Å². The number of hydrogen-bond acceptors (Lipinski definition) is 3. The minimum absolute atomic E-state index is 0.291. The molecule has 1 atom stereocenters. The lowest BCUT2D eigenvalue weighted by atomic mass is 9.87. The second-order valence-corrected chi connectivity index (χ2v) is 6.96. The van der Waals surface area contributed by atoms with Crippen LogP contribution in [-0.2, 0) is 16.8 Å². The van der Waals surface area contributed by atoms with E-state index in [1.165, 1.54) is 24.3 Å². The molecule has 3 amide bonds. The van der Waals surface area contributed by atoms with Crippen molar-refractivity contribution in [2.24, 2.45) is 0 Å². The van der Waals surface area contributed by atoms with E-state index in [0.29, 0.717) is 17.5 Å². The standard InChI is InChI=1S/C22H23FN2O3/c1-3-5-15-6-8-16(9-7-15)19(26)14-25-20(27)22(4-2,24-21(25)28)17-10-12-18(23)13-11-17/h6-13H,3-5,14H2,1-2H3,(H,24,28). The summed E-state index contributed by atoms with van der Waals surface area (Å²) in [4.78, 5) is 39.1. The highest BCUT2D eigenvalue weighted by molar-refractivity contribution is 6.11. The predicted octanol–water partition coefficient (Wildman–Crippen LogP) is 3.82. The van der Waals surface area contributed by atoms with E-state index < -0.39 is 23.3 Å². The maximum Gasteiger partial charge on any atom is 0.325 e. The van der Waals surface area contributed by atoms with Crippen LogP contribution in [0.4, 0.5) is 9.18 Å². The van der Waals surface area contributed by atoms with Gasteiger partial charge in [0, 0.05) is 5.56 Å². The number of rotatable bonds is 7. The Morgan fingerprint density at radius 3 is 2.25 bits per heavy atom. The zero-order valence-corrected chi connectivity index (χ0v) is 16.0. The number of nitrogens with one attached hydrogen (secondary N) is 1. The maximum absolute atomic E-state index is 13.3. The Hall–Kier alpha value is -3.02. The zero-order valence-electron chi connectivity index (χ0n) is 16.0. The third-order valence-electron chi connectivity index (χ3n) is 5.16. The van der Waals surface area contributed by atoms with Crippen molar-refractivity contribution in [3.8, 4) is 0 Å². The van der Waals surface area contributed by atoms with Gasteiger partial charge < -0.3 is 5.32 Å². The molecule has 0 spiro atoms. The van der Waals surface area contributed by atoms with Gasteiger partial charge in [0.25, 0.3) is 5.91 Å². The van der Waals surface area contributed by atoms with Gasteiger partial charge >= 0.3 is 6.03 Å². The Bertz CT molecular complexity index is 893. The highest BCUT2D eigenvalue weighted by Gasteiger charge is 2.51. The normalized spacial score (nSPS) is 19.0. The first-order valence-corrected chi connectivity index (χ1v) is 9.43. The molecule has 3 rings (SSSR count). The smallest absolute Gasteiger partial charge is 0.319 e. The van der Waals surface area contributed by atoms with Crippen LogP contribution < -0.4 is 5.32 Å². The number of nitrogens with zero attached hydrogens (tertiary/aromatic N) is 1. The Balaban J connectivity index is 1.81. The van der Waals surface area contributed by atoms with Gasteiger partial charge in [0.15, 0.2) is 5.78 Å². The van der Waals surface area contributed by atoms with Gasteiger partial charge in [-0.15, -0.1) is 0 Å². The van der Waals surface area contributed by atoms with Crippen molar-refractivity contribution >= 4 is 17.7 Å². The molecule has 0 aromatic heterocycles. The molecule has 1 unspecified atom stereocenters. The van der Waals surface area contributed by atoms with Gasteiger partial charge in [0.2, 0.25) is 0 Å². The van der Waals surface area contributed by atoms with Crippen LogP contribution in [0.5, 0.6) is 0 Å². The average Bonchev–Trinajstić information content (AvgIpc) is 2.94. The zero-order chi connectivity index (χ0) is 20.3. The number of aryl methyl sites for hydroxylation is 1. The van der Waals surface area contributed by atoms with Crippen molar-refractivity contribution < 1.29 is 18.8 Å². The highest BCUT2D eigenvalue weighted by atomic mass is 19.1. The highest BCUT2D eigenvalue weighted by Crippen LogP contribution is 2.32. The fourth-order valence-electron chi connectivity index (χ4n) is 3.52. The average molecular weight is 382 g/mol. The molecule has 1 aliphatic rings. The summed E-state index contributed by atoms with van der Waals surface area (Å²) >= 11 is 0. The Morgan fingerprint density at radius 1 is 1.04 bits per heavy atom. The molecule has 2 aromatic rings. The fraction of sp³-hybridized carbons (Fsp3) is 0.318. The van der Waals surface area contributed by atoms with Gasteiger partial charge in [-0.05, 0) is 36.1 Å². The Kier molecular flexibility index (Phi) is 5.58. The van der Waals surface area contributed by atoms with Crippen molar-refractivity contribution in [3.63, 3.8) is 0 Å². The maximum atomic E-state index is 13.3. The number of ketones is 1. The van der Waals surface area contributed by atoms with Crippen LogP contribution in [0.1, 0.15) is 48.2 Å². The number of urea groups is 1. The van der Waals surface area contributed by atoms with Gasteiger partial charge in [-0.3, -0.25) is 14.5 Å². The quantitative estimate of drug-likeness (QED) is 0.585. The molecule has 0 saturated carbocycles. The molecule has 1 heterocycles. The summed E-state index contributed by atoms with van der Waals surface area (Å²) in [6.07, 6.45) is 2.23. The van der Waals surface area contributed by atoms with Crippen LogP contribution in [0.3, 0.4) is 0 Å². The molecule has 0 bridgehead atoms. The molecule has 28 heavy (non-hydrogen) atoms. The molecule has 0 radical (unpaired) electrons. The SMILES string of the molecule is CCCc1ccc(C(=O)CN2C(=O)NC(CC)(c3ccc(F)cc3)C2=O)cc1. The number of imide groups is 1. The molecule has 1 saturated heterocycles. The third-order valence-corrected chi connectivity index (χ3v) is 5.16. The molecule has 6 heteroatoms. The first-order valence-electron chi connectivity index (χ1n) is 9.43. The third kappa shape index (κ3) is 3.54. The van der Waals surface area contributed by atoms with E-state index in [9.17, 15) is 18.8 Å². The van der Waals surface area contributed by atoms with E-state index in [-0.39, 0.29) is 12.3 Å². The number of benzene rings is 2. The lowest BCUT2D eigenvalue weighted by Crippen LogP contribution is -2.43.